The molecular formula is C12H10BrFO2. The molecule has 0 fully saturated rings. The lowest BCUT2D eigenvalue weighted by molar-refractivity contribution is 0.170. The molecule has 1 aromatic carbocycles. The van der Waals surface area contributed by atoms with E-state index in [9.17, 15) is 9.50 Å². The minimum Gasteiger partial charge on any atom is -0.458 e. The first kappa shape index (κ1) is 11.4. The van der Waals surface area contributed by atoms with Crippen LogP contribution in [0.25, 0.3) is 11.3 Å². The van der Waals surface area contributed by atoms with Crippen LogP contribution in [-0.2, 0) is 0 Å². The number of hydrogen-bond acceptors (Lipinski definition) is 2. The van der Waals surface area contributed by atoms with Crippen molar-refractivity contribution in [3.05, 3.63) is 46.4 Å². The van der Waals surface area contributed by atoms with Gasteiger partial charge in [-0.25, -0.2) is 4.39 Å². The average Bonchev–Trinajstić information content (AvgIpc) is 2.70. The summed E-state index contributed by atoms with van der Waals surface area (Å²) in [6, 6.07) is 7.91. The molecule has 0 saturated carbocycles. The van der Waals surface area contributed by atoms with E-state index in [1.54, 1.807) is 31.2 Å². The normalized spacial score (nSPS) is 12.8. The molecule has 1 N–H and O–H groups in total. The zero-order valence-electron chi connectivity index (χ0n) is 8.58. The Morgan fingerprint density at radius 2 is 2.06 bits per heavy atom. The SMILES string of the molecule is CC(O)c1ccc(-c2cc(Br)ccc2F)o1. The molecule has 0 aliphatic carbocycles. The quantitative estimate of drug-likeness (QED) is 0.907. The molecule has 2 nitrogen and oxygen atoms in total. The highest BCUT2D eigenvalue weighted by atomic mass is 79.9. The Morgan fingerprint density at radius 3 is 2.69 bits per heavy atom. The zero-order valence-corrected chi connectivity index (χ0v) is 10.2. The third-order valence-corrected chi connectivity index (χ3v) is 2.73. The summed E-state index contributed by atoms with van der Waals surface area (Å²) in [4.78, 5) is 0. The van der Waals surface area contributed by atoms with Gasteiger partial charge in [0.1, 0.15) is 23.4 Å². The highest BCUT2D eigenvalue weighted by molar-refractivity contribution is 9.10. The molecule has 16 heavy (non-hydrogen) atoms. The Hall–Kier alpha value is -1.13. The van der Waals surface area contributed by atoms with Crippen molar-refractivity contribution < 1.29 is 13.9 Å². The van der Waals surface area contributed by atoms with Crippen molar-refractivity contribution in [3.8, 4) is 11.3 Å². The van der Waals surface area contributed by atoms with Gasteiger partial charge in [-0.1, -0.05) is 15.9 Å². The molecule has 1 atom stereocenters. The molecule has 0 radical (unpaired) electrons. The largest absolute Gasteiger partial charge is 0.458 e. The van der Waals surface area contributed by atoms with Crippen molar-refractivity contribution in [2.24, 2.45) is 0 Å². The average molecular weight is 285 g/mol. The lowest BCUT2D eigenvalue weighted by Crippen LogP contribution is -1.86. The van der Waals surface area contributed by atoms with E-state index in [2.05, 4.69) is 15.9 Å². The predicted octanol–water partition coefficient (Wildman–Crippen LogP) is 3.90. The Kier molecular flexibility index (Phi) is 3.12. The van der Waals surface area contributed by atoms with Crippen molar-refractivity contribution in [1.29, 1.82) is 0 Å². The van der Waals surface area contributed by atoms with E-state index in [1.165, 1.54) is 6.07 Å². The molecule has 84 valence electrons. The molecule has 2 rings (SSSR count). The van der Waals surface area contributed by atoms with Crippen LogP contribution in [0, 0.1) is 5.82 Å². The van der Waals surface area contributed by atoms with Gasteiger partial charge in [0, 0.05) is 4.47 Å². The molecule has 0 aliphatic heterocycles. The van der Waals surface area contributed by atoms with Crippen LogP contribution in [0.1, 0.15) is 18.8 Å². The Bertz CT molecular complexity index is 505. The number of rotatable bonds is 2. The molecule has 0 aliphatic rings. The van der Waals surface area contributed by atoms with E-state index in [-0.39, 0.29) is 5.82 Å². The maximum absolute atomic E-state index is 13.5. The van der Waals surface area contributed by atoms with Crippen molar-refractivity contribution in [3.63, 3.8) is 0 Å². The van der Waals surface area contributed by atoms with Crippen LogP contribution in [-0.4, -0.2) is 5.11 Å². The van der Waals surface area contributed by atoms with Crippen molar-refractivity contribution in [1.82, 2.24) is 0 Å². The van der Waals surface area contributed by atoms with Gasteiger partial charge in [-0.2, -0.15) is 0 Å². The summed E-state index contributed by atoms with van der Waals surface area (Å²) in [6.45, 7) is 1.60. The molecule has 0 bridgehead atoms. The molecule has 0 amide bonds. The molecule has 1 heterocycles. The first-order chi connectivity index (χ1) is 7.58. The maximum atomic E-state index is 13.5. The number of hydrogen-bond donors (Lipinski definition) is 1. The van der Waals surface area contributed by atoms with E-state index >= 15 is 0 Å². The van der Waals surface area contributed by atoms with Crippen LogP contribution in [0.3, 0.4) is 0 Å². The zero-order chi connectivity index (χ0) is 11.7. The van der Waals surface area contributed by atoms with E-state index in [0.29, 0.717) is 17.1 Å². The van der Waals surface area contributed by atoms with E-state index in [0.717, 1.165) is 4.47 Å². The summed E-state index contributed by atoms with van der Waals surface area (Å²) in [7, 11) is 0. The topological polar surface area (TPSA) is 33.4 Å². The van der Waals surface area contributed by atoms with E-state index in [4.69, 9.17) is 4.42 Å². The summed E-state index contributed by atoms with van der Waals surface area (Å²) in [6.07, 6.45) is -0.691. The summed E-state index contributed by atoms with van der Waals surface area (Å²) in [5.41, 5.74) is 0.376. The second-order valence-corrected chi connectivity index (χ2v) is 4.42. The minimum atomic E-state index is -0.691. The summed E-state index contributed by atoms with van der Waals surface area (Å²) in [5.74, 6) is 0.485. The van der Waals surface area contributed by atoms with Crippen molar-refractivity contribution >= 4 is 15.9 Å². The molecule has 0 saturated heterocycles. The minimum absolute atomic E-state index is 0.352. The summed E-state index contributed by atoms with van der Waals surface area (Å²) >= 11 is 3.27. The first-order valence-electron chi connectivity index (χ1n) is 4.81. The highest BCUT2D eigenvalue weighted by Gasteiger charge is 2.12. The predicted molar refractivity (Wildman–Crippen MR) is 62.4 cm³/mol. The Labute approximate surface area is 101 Å². The van der Waals surface area contributed by atoms with Crippen LogP contribution >= 0.6 is 15.9 Å². The molecule has 4 heteroatoms. The second-order valence-electron chi connectivity index (χ2n) is 3.50. The summed E-state index contributed by atoms with van der Waals surface area (Å²) < 4.78 is 19.7. The maximum Gasteiger partial charge on any atom is 0.137 e. The molecular weight excluding hydrogens is 275 g/mol. The van der Waals surface area contributed by atoms with Gasteiger partial charge in [-0.15, -0.1) is 0 Å². The van der Waals surface area contributed by atoms with Crippen LogP contribution in [0.4, 0.5) is 4.39 Å². The van der Waals surface area contributed by atoms with E-state index < -0.39 is 6.10 Å². The van der Waals surface area contributed by atoms with Crippen molar-refractivity contribution in [2.45, 2.75) is 13.0 Å². The van der Waals surface area contributed by atoms with Gasteiger partial charge in [0.15, 0.2) is 0 Å². The number of halogens is 2. The van der Waals surface area contributed by atoms with Crippen LogP contribution < -0.4 is 0 Å². The first-order valence-corrected chi connectivity index (χ1v) is 5.60. The fourth-order valence-corrected chi connectivity index (χ4v) is 1.77. The monoisotopic (exact) mass is 284 g/mol. The van der Waals surface area contributed by atoms with Gasteiger partial charge in [-0.05, 0) is 37.3 Å². The van der Waals surface area contributed by atoms with E-state index in [1.807, 2.05) is 0 Å². The highest BCUT2D eigenvalue weighted by Crippen LogP contribution is 2.29. The lowest BCUT2D eigenvalue weighted by atomic mass is 10.1. The third-order valence-electron chi connectivity index (χ3n) is 2.23. The molecule has 1 unspecified atom stereocenters. The standard InChI is InChI=1S/C12H10BrFO2/c1-7(15)11-4-5-12(16-11)9-6-8(13)2-3-10(9)14/h2-7,15H,1H3. The number of furan rings is 1. The lowest BCUT2D eigenvalue weighted by Gasteiger charge is -2.01. The molecule has 2 aromatic rings. The number of aliphatic hydroxyl groups excluding tert-OH is 1. The van der Waals surface area contributed by atoms with Gasteiger partial charge >= 0.3 is 0 Å². The summed E-state index contributed by atoms with van der Waals surface area (Å²) in [5, 5.41) is 9.31. The van der Waals surface area contributed by atoms with Crippen molar-refractivity contribution in [2.75, 3.05) is 0 Å². The van der Waals surface area contributed by atoms with Crippen LogP contribution in [0.15, 0.2) is 39.2 Å². The van der Waals surface area contributed by atoms with Crippen LogP contribution in [0.2, 0.25) is 0 Å². The fraction of sp³-hybridized carbons (Fsp3) is 0.167. The number of aliphatic hydroxyl groups is 1. The number of benzene rings is 1. The Morgan fingerprint density at radius 1 is 1.31 bits per heavy atom. The smallest absolute Gasteiger partial charge is 0.137 e. The molecule has 0 spiro atoms. The Balaban J connectivity index is 2.46. The van der Waals surface area contributed by atoms with Gasteiger partial charge in [0.2, 0.25) is 0 Å². The van der Waals surface area contributed by atoms with Gasteiger partial charge in [-0.3, -0.25) is 0 Å². The third kappa shape index (κ3) is 2.18. The fourth-order valence-electron chi connectivity index (χ4n) is 1.41. The molecule has 1 aromatic heterocycles. The van der Waals surface area contributed by atoms with Gasteiger partial charge in [0.05, 0.1) is 5.56 Å². The second kappa shape index (κ2) is 4.39. The van der Waals surface area contributed by atoms with Gasteiger partial charge in [0.25, 0.3) is 0 Å². The van der Waals surface area contributed by atoms with Gasteiger partial charge < -0.3 is 9.52 Å². The van der Waals surface area contributed by atoms with Crippen LogP contribution in [0.5, 0.6) is 0 Å².